The third-order valence-corrected chi connectivity index (χ3v) is 5.90. The zero-order valence-electron chi connectivity index (χ0n) is 18.1. The van der Waals surface area contributed by atoms with Crippen molar-refractivity contribution in [2.24, 2.45) is 0 Å². The minimum Gasteiger partial charge on any atom is -0.465 e. The van der Waals surface area contributed by atoms with Gasteiger partial charge in [-0.2, -0.15) is 0 Å². The van der Waals surface area contributed by atoms with Crippen molar-refractivity contribution in [2.75, 3.05) is 18.5 Å². The summed E-state index contributed by atoms with van der Waals surface area (Å²) >= 11 is 0.725. The summed E-state index contributed by atoms with van der Waals surface area (Å²) in [5, 5.41) is 2.68. The summed E-state index contributed by atoms with van der Waals surface area (Å²) < 4.78 is 20.1. The molecule has 1 N–H and O–H groups in total. The molecule has 0 unspecified atom stereocenters. The van der Waals surface area contributed by atoms with Crippen LogP contribution in [0, 0.1) is 5.82 Å². The molecule has 0 spiro atoms. The third kappa shape index (κ3) is 5.01. The van der Waals surface area contributed by atoms with Crippen molar-refractivity contribution >= 4 is 57.5 Å². The number of esters is 1. The van der Waals surface area contributed by atoms with E-state index in [1.165, 1.54) is 18.2 Å². The van der Waals surface area contributed by atoms with E-state index in [4.69, 9.17) is 4.74 Å². The van der Waals surface area contributed by atoms with Gasteiger partial charge in [0.1, 0.15) is 18.9 Å². The Morgan fingerprint density at radius 1 is 1.12 bits per heavy atom. The summed E-state index contributed by atoms with van der Waals surface area (Å²) in [5.74, 6) is -2.14. The smallest absolute Gasteiger partial charge is 0.325 e. The summed E-state index contributed by atoms with van der Waals surface area (Å²) in [6.07, 6.45) is 3.28. The number of anilines is 1. The lowest BCUT2D eigenvalue weighted by Gasteiger charge is -2.12. The van der Waals surface area contributed by atoms with Crippen molar-refractivity contribution in [3.8, 4) is 0 Å². The minimum atomic E-state index is -0.625. The first-order valence-corrected chi connectivity index (χ1v) is 11.2. The topological polar surface area (TPSA) is 97.7 Å². The van der Waals surface area contributed by atoms with Crippen LogP contribution in [0.5, 0.6) is 0 Å². The van der Waals surface area contributed by atoms with Gasteiger partial charge in [-0.15, -0.1) is 0 Å². The lowest BCUT2D eigenvalue weighted by molar-refractivity contribution is -0.143. The largest absolute Gasteiger partial charge is 0.465 e. The van der Waals surface area contributed by atoms with Gasteiger partial charge >= 0.3 is 5.97 Å². The summed E-state index contributed by atoms with van der Waals surface area (Å²) in [4.78, 5) is 50.6. The molecule has 1 fully saturated rings. The number of ether oxygens (including phenoxy) is 1. The number of nitrogens with zero attached hydrogens (tertiary/aromatic N) is 2. The van der Waals surface area contributed by atoms with E-state index in [-0.39, 0.29) is 29.7 Å². The Morgan fingerprint density at radius 3 is 2.68 bits per heavy atom. The van der Waals surface area contributed by atoms with E-state index < -0.39 is 29.4 Å². The molecule has 4 rings (SSSR count). The second-order valence-corrected chi connectivity index (χ2v) is 8.35. The van der Waals surface area contributed by atoms with Gasteiger partial charge in [-0.05, 0) is 49.0 Å². The number of carbonyl (C=O) groups is 4. The summed E-state index contributed by atoms with van der Waals surface area (Å²) in [6, 6.07) is 12.7. The van der Waals surface area contributed by atoms with Crippen LogP contribution in [0.2, 0.25) is 0 Å². The van der Waals surface area contributed by atoms with Gasteiger partial charge in [-0.1, -0.05) is 24.3 Å². The molecular formula is C24H20FN3O5S. The molecule has 2 aromatic carbocycles. The molecule has 34 heavy (non-hydrogen) atoms. The first kappa shape index (κ1) is 23.2. The molecule has 10 heteroatoms. The molecule has 8 nitrogen and oxygen atoms in total. The van der Waals surface area contributed by atoms with Crippen molar-refractivity contribution in [2.45, 2.75) is 13.5 Å². The fourth-order valence-electron chi connectivity index (χ4n) is 3.55. The Bertz CT molecular complexity index is 1330. The number of aromatic nitrogens is 1. The van der Waals surface area contributed by atoms with Gasteiger partial charge in [0, 0.05) is 28.4 Å². The number of hydrogen-bond acceptors (Lipinski definition) is 6. The number of fused-ring (bicyclic) bond motifs is 1. The molecule has 3 aromatic rings. The Hall–Kier alpha value is -3.92. The molecule has 0 saturated carbocycles. The lowest BCUT2D eigenvalue weighted by atomic mass is 10.1. The van der Waals surface area contributed by atoms with Gasteiger partial charge in [0.15, 0.2) is 0 Å². The van der Waals surface area contributed by atoms with Crippen molar-refractivity contribution in [3.05, 3.63) is 71.0 Å². The van der Waals surface area contributed by atoms with Crippen LogP contribution in [-0.4, -0.2) is 45.6 Å². The second-order valence-electron chi connectivity index (χ2n) is 7.36. The van der Waals surface area contributed by atoms with Crippen LogP contribution in [0.25, 0.3) is 17.0 Å². The highest BCUT2D eigenvalue weighted by Gasteiger charge is 2.36. The summed E-state index contributed by atoms with van der Waals surface area (Å²) in [7, 11) is 0. The number of halogens is 1. The van der Waals surface area contributed by atoms with Crippen molar-refractivity contribution in [1.29, 1.82) is 0 Å². The maximum atomic E-state index is 13.3. The maximum absolute atomic E-state index is 13.3. The predicted molar refractivity (Wildman–Crippen MR) is 126 cm³/mol. The predicted octanol–water partition coefficient (Wildman–Crippen LogP) is 4.02. The maximum Gasteiger partial charge on any atom is 0.325 e. The zero-order valence-corrected chi connectivity index (χ0v) is 18.9. The molecule has 1 aromatic heterocycles. The van der Waals surface area contributed by atoms with Crippen LogP contribution < -0.4 is 5.32 Å². The van der Waals surface area contributed by atoms with Gasteiger partial charge in [0.2, 0.25) is 5.91 Å². The molecular weight excluding hydrogens is 461 g/mol. The van der Waals surface area contributed by atoms with Crippen LogP contribution in [-0.2, 0) is 25.7 Å². The number of rotatable bonds is 7. The molecule has 1 aliphatic heterocycles. The van der Waals surface area contributed by atoms with Gasteiger partial charge in [-0.25, -0.2) is 4.39 Å². The van der Waals surface area contributed by atoms with E-state index in [2.05, 4.69) is 5.32 Å². The Balaban J connectivity index is 1.54. The van der Waals surface area contributed by atoms with Crippen LogP contribution in [0.4, 0.5) is 14.9 Å². The standard InChI is InChI=1S/C24H20FN3O5S/c1-2-33-22(30)14-27-12-15(18-8-3-4-9-19(18)27)10-20-23(31)28(24(32)34-20)13-21(29)26-17-7-5-6-16(25)11-17/h3-12H,2,13-14H2,1H3,(H,26,29)/b20-10+. The van der Waals surface area contributed by atoms with Gasteiger partial charge in [-0.3, -0.25) is 24.1 Å². The quantitative estimate of drug-likeness (QED) is 0.404. The molecule has 0 bridgehead atoms. The number of para-hydroxylation sites is 1. The highest BCUT2D eigenvalue weighted by Crippen LogP contribution is 2.34. The van der Waals surface area contributed by atoms with E-state index in [1.807, 2.05) is 24.3 Å². The number of imide groups is 1. The first-order valence-electron chi connectivity index (χ1n) is 10.4. The fourth-order valence-corrected chi connectivity index (χ4v) is 4.38. The summed E-state index contributed by atoms with van der Waals surface area (Å²) in [6.45, 7) is 1.50. The monoisotopic (exact) mass is 481 g/mol. The van der Waals surface area contributed by atoms with E-state index in [0.29, 0.717) is 5.56 Å². The van der Waals surface area contributed by atoms with Crippen molar-refractivity contribution in [3.63, 3.8) is 0 Å². The highest BCUT2D eigenvalue weighted by atomic mass is 32.2. The normalized spacial score (nSPS) is 14.8. The van der Waals surface area contributed by atoms with Crippen molar-refractivity contribution < 1.29 is 28.3 Å². The average molecular weight is 482 g/mol. The first-order chi connectivity index (χ1) is 16.4. The molecule has 174 valence electrons. The zero-order chi connectivity index (χ0) is 24.2. The van der Waals surface area contributed by atoms with E-state index in [9.17, 15) is 23.6 Å². The third-order valence-electron chi connectivity index (χ3n) is 4.99. The summed E-state index contributed by atoms with van der Waals surface area (Å²) in [5.41, 5.74) is 1.65. The molecule has 1 saturated heterocycles. The Kier molecular flexibility index (Phi) is 6.78. The number of thioether (sulfide) groups is 1. The molecule has 0 radical (unpaired) electrons. The molecule has 0 atom stereocenters. The van der Waals surface area contributed by atoms with Crippen LogP contribution in [0.3, 0.4) is 0 Å². The highest BCUT2D eigenvalue weighted by molar-refractivity contribution is 8.18. The van der Waals surface area contributed by atoms with Crippen molar-refractivity contribution in [1.82, 2.24) is 9.47 Å². The number of hydrogen-bond donors (Lipinski definition) is 1. The molecule has 1 aliphatic rings. The SMILES string of the molecule is CCOC(=O)Cn1cc(/C=C2/SC(=O)N(CC(=O)Nc3cccc(F)c3)C2=O)c2ccccc21. The number of benzene rings is 2. The Morgan fingerprint density at radius 2 is 1.91 bits per heavy atom. The minimum absolute atomic E-state index is 0.00389. The fraction of sp³-hybridized carbons (Fsp3) is 0.167. The van der Waals surface area contributed by atoms with Crippen LogP contribution in [0.1, 0.15) is 12.5 Å². The Labute approximate surface area is 198 Å². The van der Waals surface area contributed by atoms with E-state index >= 15 is 0 Å². The van der Waals surface area contributed by atoms with Gasteiger partial charge < -0.3 is 14.6 Å². The van der Waals surface area contributed by atoms with E-state index in [0.717, 1.165) is 33.6 Å². The van der Waals surface area contributed by atoms with Gasteiger partial charge in [0.05, 0.1) is 11.5 Å². The molecule has 0 aliphatic carbocycles. The van der Waals surface area contributed by atoms with Crippen LogP contribution in [0.15, 0.2) is 59.6 Å². The second kappa shape index (κ2) is 9.92. The molecule has 2 heterocycles. The average Bonchev–Trinajstić information content (AvgIpc) is 3.26. The lowest BCUT2D eigenvalue weighted by Crippen LogP contribution is -2.36. The molecule has 3 amide bonds. The van der Waals surface area contributed by atoms with Crippen LogP contribution >= 0.6 is 11.8 Å². The number of amides is 3. The number of nitrogens with one attached hydrogen (secondary N) is 1. The van der Waals surface area contributed by atoms with E-state index in [1.54, 1.807) is 23.8 Å². The van der Waals surface area contributed by atoms with Gasteiger partial charge in [0.25, 0.3) is 11.1 Å². The number of carbonyl (C=O) groups excluding carboxylic acids is 4.